The summed E-state index contributed by atoms with van der Waals surface area (Å²) in [5, 5.41) is 13.6. The number of nitro groups is 1. The molecule has 2 rings (SSSR count). The molecule has 2 atom stereocenters. The summed E-state index contributed by atoms with van der Waals surface area (Å²) in [6, 6.07) is 3.73. The van der Waals surface area contributed by atoms with Gasteiger partial charge in [0.05, 0.1) is 22.3 Å². The zero-order valence-electron chi connectivity index (χ0n) is 11.8. The number of nitrogens with two attached hydrogens (primary N) is 1. The van der Waals surface area contributed by atoms with Crippen molar-refractivity contribution in [3.05, 3.63) is 38.9 Å². The summed E-state index contributed by atoms with van der Waals surface area (Å²) in [5.41, 5.74) is 5.68. The number of carbonyl (C=O) groups excluding carboxylic acids is 2. The minimum atomic E-state index is -0.550. The third-order valence-electron chi connectivity index (χ3n) is 3.83. The van der Waals surface area contributed by atoms with Crippen molar-refractivity contribution in [1.82, 2.24) is 5.32 Å². The summed E-state index contributed by atoms with van der Waals surface area (Å²) in [6.07, 6.45) is 2.24. The van der Waals surface area contributed by atoms with Crippen LogP contribution in [0, 0.1) is 16.0 Å². The van der Waals surface area contributed by atoms with Gasteiger partial charge in [0.25, 0.3) is 5.69 Å². The zero-order chi connectivity index (χ0) is 16.3. The molecule has 7 nitrogen and oxygen atoms in total. The van der Waals surface area contributed by atoms with Crippen molar-refractivity contribution in [2.75, 3.05) is 0 Å². The molecule has 1 aromatic rings. The molecule has 2 amide bonds. The first-order valence-electron chi connectivity index (χ1n) is 6.90. The average Bonchev–Trinajstić information content (AvgIpc) is 2.89. The number of carbonyl (C=O) groups is 2. The lowest BCUT2D eigenvalue weighted by atomic mass is 10.0. The molecule has 0 unspecified atom stereocenters. The minimum Gasteiger partial charge on any atom is -0.369 e. The fourth-order valence-electron chi connectivity index (χ4n) is 2.70. The lowest BCUT2D eigenvalue weighted by Crippen LogP contribution is -2.42. The molecule has 0 spiro atoms. The first kappa shape index (κ1) is 16.2. The summed E-state index contributed by atoms with van der Waals surface area (Å²) >= 11 is 5.95. The van der Waals surface area contributed by atoms with E-state index >= 15 is 0 Å². The number of amides is 2. The molecular weight excluding hydrogens is 310 g/mol. The number of rotatable bonds is 5. The Labute approximate surface area is 132 Å². The highest BCUT2D eigenvalue weighted by molar-refractivity contribution is 6.31. The van der Waals surface area contributed by atoms with E-state index < -0.39 is 10.8 Å². The monoisotopic (exact) mass is 325 g/mol. The van der Waals surface area contributed by atoms with Gasteiger partial charge in [0.2, 0.25) is 11.8 Å². The molecule has 1 saturated carbocycles. The van der Waals surface area contributed by atoms with Gasteiger partial charge in [0, 0.05) is 18.2 Å². The number of hydrogen-bond acceptors (Lipinski definition) is 4. The number of halogens is 1. The van der Waals surface area contributed by atoms with E-state index in [1.807, 2.05) is 0 Å². The van der Waals surface area contributed by atoms with Crippen LogP contribution in [0.3, 0.4) is 0 Å². The zero-order valence-corrected chi connectivity index (χ0v) is 12.5. The van der Waals surface area contributed by atoms with Crippen LogP contribution in [0.1, 0.15) is 24.8 Å². The Kier molecular flexibility index (Phi) is 4.97. The SMILES string of the molecule is NC(=O)[C@@H]1CCC[C@H]1NC(=O)Cc1ccc([N+](=O)[O-])cc1Cl. The molecule has 0 aromatic heterocycles. The predicted octanol–water partition coefficient (Wildman–Crippen LogP) is 1.56. The van der Waals surface area contributed by atoms with Crippen molar-refractivity contribution in [2.24, 2.45) is 11.7 Å². The second-order valence-corrected chi connectivity index (χ2v) is 5.73. The summed E-state index contributed by atoms with van der Waals surface area (Å²) in [5.74, 6) is -1.03. The molecule has 22 heavy (non-hydrogen) atoms. The standard InChI is InChI=1S/C14H16ClN3O4/c15-11-7-9(18(21)22)5-4-8(11)6-13(19)17-12-3-1-2-10(12)14(16)20/h4-5,7,10,12H,1-3,6H2,(H2,16,20)(H,17,19)/t10-,12-/m1/s1. The molecule has 1 aliphatic carbocycles. The van der Waals surface area contributed by atoms with Crippen molar-refractivity contribution >= 4 is 29.1 Å². The third-order valence-corrected chi connectivity index (χ3v) is 4.18. The van der Waals surface area contributed by atoms with Gasteiger partial charge in [-0.25, -0.2) is 0 Å². The molecule has 118 valence electrons. The maximum atomic E-state index is 12.1. The smallest absolute Gasteiger partial charge is 0.270 e. The molecule has 1 fully saturated rings. The molecule has 0 heterocycles. The van der Waals surface area contributed by atoms with E-state index in [-0.39, 0.29) is 35.0 Å². The van der Waals surface area contributed by atoms with Gasteiger partial charge in [0.1, 0.15) is 0 Å². The summed E-state index contributed by atoms with van der Waals surface area (Å²) in [7, 11) is 0. The van der Waals surface area contributed by atoms with Crippen LogP contribution in [-0.2, 0) is 16.0 Å². The van der Waals surface area contributed by atoms with Gasteiger partial charge < -0.3 is 11.1 Å². The number of hydrogen-bond donors (Lipinski definition) is 2. The Morgan fingerprint density at radius 2 is 2.14 bits per heavy atom. The van der Waals surface area contributed by atoms with Crippen LogP contribution in [0.2, 0.25) is 5.02 Å². The fourth-order valence-corrected chi connectivity index (χ4v) is 2.94. The second-order valence-electron chi connectivity index (χ2n) is 5.32. The maximum absolute atomic E-state index is 12.1. The first-order chi connectivity index (χ1) is 10.4. The fraction of sp³-hybridized carbons (Fsp3) is 0.429. The topological polar surface area (TPSA) is 115 Å². The van der Waals surface area contributed by atoms with Gasteiger partial charge in [0.15, 0.2) is 0 Å². The Morgan fingerprint density at radius 1 is 1.41 bits per heavy atom. The van der Waals surface area contributed by atoms with Crippen LogP contribution in [0.5, 0.6) is 0 Å². The van der Waals surface area contributed by atoms with Crippen molar-refractivity contribution < 1.29 is 14.5 Å². The van der Waals surface area contributed by atoms with Gasteiger partial charge in [-0.3, -0.25) is 19.7 Å². The van der Waals surface area contributed by atoms with E-state index in [1.54, 1.807) is 0 Å². The van der Waals surface area contributed by atoms with Gasteiger partial charge in [-0.2, -0.15) is 0 Å². The highest BCUT2D eigenvalue weighted by atomic mass is 35.5. The van der Waals surface area contributed by atoms with E-state index in [2.05, 4.69) is 5.32 Å². The van der Waals surface area contributed by atoms with E-state index in [9.17, 15) is 19.7 Å². The number of primary amides is 1. The van der Waals surface area contributed by atoms with Gasteiger partial charge in [-0.05, 0) is 18.4 Å². The predicted molar refractivity (Wildman–Crippen MR) is 80.3 cm³/mol. The van der Waals surface area contributed by atoms with Crippen LogP contribution in [0.4, 0.5) is 5.69 Å². The first-order valence-corrected chi connectivity index (χ1v) is 7.27. The molecule has 0 radical (unpaired) electrons. The van der Waals surface area contributed by atoms with Crippen LogP contribution >= 0.6 is 11.6 Å². The molecule has 1 aliphatic rings. The van der Waals surface area contributed by atoms with Gasteiger partial charge in [-0.15, -0.1) is 0 Å². The van der Waals surface area contributed by atoms with Crippen molar-refractivity contribution in [3.8, 4) is 0 Å². The van der Waals surface area contributed by atoms with Crippen LogP contribution < -0.4 is 11.1 Å². The summed E-state index contributed by atoms with van der Waals surface area (Å²) in [6.45, 7) is 0. The molecule has 3 N–H and O–H groups in total. The van der Waals surface area contributed by atoms with Crippen LogP contribution in [0.25, 0.3) is 0 Å². The Bertz CT molecular complexity index is 620. The van der Waals surface area contributed by atoms with E-state index in [0.29, 0.717) is 18.4 Å². The number of nitrogens with zero attached hydrogens (tertiary/aromatic N) is 1. The highest BCUT2D eigenvalue weighted by Crippen LogP contribution is 2.26. The quantitative estimate of drug-likeness (QED) is 0.631. The Morgan fingerprint density at radius 3 is 2.73 bits per heavy atom. The summed E-state index contributed by atoms with van der Waals surface area (Å²) in [4.78, 5) is 33.4. The van der Waals surface area contributed by atoms with Gasteiger partial charge in [-0.1, -0.05) is 24.1 Å². The van der Waals surface area contributed by atoms with E-state index in [1.165, 1.54) is 18.2 Å². The van der Waals surface area contributed by atoms with E-state index in [0.717, 1.165) is 6.42 Å². The average molecular weight is 326 g/mol. The van der Waals surface area contributed by atoms with Crippen molar-refractivity contribution in [2.45, 2.75) is 31.7 Å². The molecule has 0 aliphatic heterocycles. The molecule has 0 bridgehead atoms. The minimum absolute atomic E-state index is 0.00118. The summed E-state index contributed by atoms with van der Waals surface area (Å²) < 4.78 is 0. The molecular formula is C14H16ClN3O4. The maximum Gasteiger partial charge on any atom is 0.270 e. The molecule has 8 heteroatoms. The third kappa shape index (κ3) is 3.73. The lowest BCUT2D eigenvalue weighted by Gasteiger charge is -2.18. The Hall–Kier alpha value is -2.15. The number of benzene rings is 1. The molecule has 1 aromatic carbocycles. The normalized spacial score (nSPS) is 20.6. The molecule has 0 saturated heterocycles. The Balaban J connectivity index is 2.00. The van der Waals surface area contributed by atoms with Crippen molar-refractivity contribution in [1.29, 1.82) is 0 Å². The van der Waals surface area contributed by atoms with Crippen LogP contribution in [0.15, 0.2) is 18.2 Å². The van der Waals surface area contributed by atoms with Crippen molar-refractivity contribution in [3.63, 3.8) is 0 Å². The second kappa shape index (κ2) is 6.74. The largest absolute Gasteiger partial charge is 0.369 e. The lowest BCUT2D eigenvalue weighted by molar-refractivity contribution is -0.384. The van der Waals surface area contributed by atoms with Crippen LogP contribution in [-0.4, -0.2) is 22.8 Å². The van der Waals surface area contributed by atoms with E-state index in [4.69, 9.17) is 17.3 Å². The number of non-ortho nitro benzene ring substituents is 1. The number of nitro benzene ring substituents is 1. The highest BCUT2D eigenvalue weighted by Gasteiger charge is 2.32. The number of nitrogens with one attached hydrogen (secondary N) is 1. The van der Waals surface area contributed by atoms with Gasteiger partial charge >= 0.3 is 0 Å².